The maximum atomic E-state index is 10.4. The zero-order chi connectivity index (χ0) is 18.2. The number of carbonyl (C=O) groups excluding carboxylic acids is 1. The molecule has 0 amide bonds. The summed E-state index contributed by atoms with van der Waals surface area (Å²) >= 11 is 0. The van der Waals surface area contributed by atoms with Gasteiger partial charge >= 0.3 is 0 Å². The van der Waals surface area contributed by atoms with Gasteiger partial charge < -0.3 is 10.1 Å². The van der Waals surface area contributed by atoms with Crippen LogP contribution in [-0.4, -0.2) is 12.8 Å². The summed E-state index contributed by atoms with van der Waals surface area (Å²) in [5.74, 6) is 0. The summed E-state index contributed by atoms with van der Waals surface area (Å²) < 4.78 is 0. The van der Waals surface area contributed by atoms with Gasteiger partial charge in [0, 0.05) is 19.5 Å². The lowest BCUT2D eigenvalue weighted by molar-refractivity contribution is -0.107. The topological polar surface area (TPSA) is 29.1 Å². The van der Waals surface area contributed by atoms with Gasteiger partial charge in [0.1, 0.15) is 6.29 Å². The van der Waals surface area contributed by atoms with Gasteiger partial charge in [-0.25, -0.2) is 0 Å². The third kappa shape index (κ3) is 10.5. The van der Waals surface area contributed by atoms with Crippen LogP contribution in [0.5, 0.6) is 0 Å². The molecular formula is C23H33NO. The van der Waals surface area contributed by atoms with Crippen molar-refractivity contribution in [3.05, 3.63) is 71.8 Å². The number of allylic oxidation sites excluding steroid dienone is 4. The van der Waals surface area contributed by atoms with E-state index in [0.717, 1.165) is 31.4 Å². The van der Waals surface area contributed by atoms with Crippen molar-refractivity contribution < 1.29 is 4.79 Å². The van der Waals surface area contributed by atoms with E-state index in [1.807, 2.05) is 18.2 Å². The standard InChI is InChI=1S/C23H33NO/c1-3-5-6-7-12-22-14-16-23(17-15-22)20-24-18-9-8-11-21(4-2)13-10-19-25/h4,8-9,11,14-17,19,24H,2-3,5-7,10,12-13,18,20H2,1H3/b9-8+,21-11+. The minimum Gasteiger partial charge on any atom is -0.309 e. The molecule has 0 bridgehead atoms. The molecule has 136 valence electrons. The highest BCUT2D eigenvalue weighted by Crippen LogP contribution is 2.10. The Kier molecular flexibility index (Phi) is 12.2. The maximum Gasteiger partial charge on any atom is 0.120 e. The summed E-state index contributed by atoms with van der Waals surface area (Å²) in [6.07, 6.45) is 16.7. The number of hydrogen-bond acceptors (Lipinski definition) is 2. The van der Waals surface area contributed by atoms with Crippen LogP contribution in [0.3, 0.4) is 0 Å². The summed E-state index contributed by atoms with van der Waals surface area (Å²) in [7, 11) is 0. The first-order valence-corrected chi connectivity index (χ1v) is 9.50. The van der Waals surface area contributed by atoms with Crippen LogP contribution in [0.1, 0.15) is 56.6 Å². The van der Waals surface area contributed by atoms with Crippen molar-refractivity contribution in [2.24, 2.45) is 0 Å². The smallest absolute Gasteiger partial charge is 0.120 e. The monoisotopic (exact) mass is 339 g/mol. The number of aldehydes is 1. The van der Waals surface area contributed by atoms with Crippen molar-refractivity contribution in [1.29, 1.82) is 0 Å². The Morgan fingerprint density at radius 3 is 2.56 bits per heavy atom. The molecule has 0 saturated carbocycles. The van der Waals surface area contributed by atoms with Crippen LogP contribution < -0.4 is 5.32 Å². The molecule has 0 aliphatic heterocycles. The zero-order valence-electron chi connectivity index (χ0n) is 15.7. The van der Waals surface area contributed by atoms with E-state index in [2.05, 4.69) is 49.2 Å². The summed E-state index contributed by atoms with van der Waals surface area (Å²) in [6, 6.07) is 8.96. The van der Waals surface area contributed by atoms with Crippen LogP contribution in [0.15, 0.2) is 60.7 Å². The lowest BCUT2D eigenvalue weighted by Crippen LogP contribution is -2.12. The quantitative estimate of drug-likeness (QED) is 0.274. The Morgan fingerprint density at radius 1 is 1.12 bits per heavy atom. The van der Waals surface area contributed by atoms with Gasteiger partial charge in [-0.1, -0.05) is 81.3 Å². The highest BCUT2D eigenvalue weighted by atomic mass is 16.1. The van der Waals surface area contributed by atoms with Crippen molar-refractivity contribution in [2.45, 2.75) is 58.4 Å². The SMILES string of the molecule is C=C/C(=C\C=C\CNCc1ccc(CCCCCC)cc1)CCC=O. The predicted molar refractivity (Wildman–Crippen MR) is 109 cm³/mol. The number of benzene rings is 1. The van der Waals surface area contributed by atoms with Crippen molar-refractivity contribution in [2.75, 3.05) is 6.54 Å². The molecule has 0 aliphatic carbocycles. The molecule has 0 radical (unpaired) electrons. The number of aryl methyl sites for hydroxylation is 1. The molecule has 0 spiro atoms. The number of hydrogen-bond donors (Lipinski definition) is 1. The minimum atomic E-state index is 0.554. The van der Waals surface area contributed by atoms with E-state index in [1.165, 1.54) is 43.2 Å². The van der Waals surface area contributed by atoms with Crippen LogP contribution in [-0.2, 0) is 17.8 Å². The average Bonchev–Trinajstić information content (AvgIpc) is 2.65. The summed E-state index contributed by atoms with van der Waals surface area (Å²) in [5.41, 5.74) is 3.86. The molecule has 1 aromatic rings. The van der Waals surface area contributed by atoms with Crippen LogP contribution in [0.25, 0.3) is 0 Å². The van der Waals surface area contributed by atoms with Gasteiger partial charge in [0.2, 0.25) is 0 Å². The number of nitrogens with one attached hydrogen (secondary N) is 1. The molecule has 0 aromatic heterocycles. The van der Waals surface area contributed by atoms with Crippen LogP contribution in [0.2, 0.25) is 0 Å². The van der Waals surface area contributed by atoms with Crippen LogP contribution in [0.4, 0.5) is 0 Å². The molecular weight excluding hydrogens is 306 g/mol. The first-order chi connectivity index (χ1) is 12.3. The van der Waals surface area contributed by atoms with E-state index >= 15 is 0 Å². The molecule has 1 N–H and O–H groups in total. The predicted octanol–water partition coefficient (Wildman–Crippen LogP) is 5.55. The van der Waals surface area contributed by atoms with Crippen molar-refractivity contribution in [3.63, 3.8) is 0 Å². The Balaban J connectivity index is 2.24. The normalized spacial score (nSPS) is 11.8. The second kappa shape index (κ2) is 14.4. The van der Waals surface area contributed by atoms with E-state index in [0.29, 0.717) is 6.42 Å². The van der Waals surface area contributed by atoms with E-state index in [4.69, 9.17) is 0 Å². The Labute approximate surface area is 153 Å². The van der Waals surface area contributed by atoms with Gasteiger partial charge in [0.25, 0.3) is 0 Å². The van der Waals surface area contributed by atoms with E-state index in [9.17, 15) is 4.79 Å². The average molecular weight is 340 g/mol. The van der Waals surface area contributed by atoms with Gasteiger partial charge in [0.15, 0.2) is 0 Å². The Hall–Kier alpha value is -1.93. The number of carbonyl (C=O) groups is 1. The highest BCUT2D eigenvalue weighted by molar-refractivity contribution is 5.50. The zero-order valence-corrected chi connectivity index (χ0v) is 15.7. The third-order valence-electron chi connectivity index (χ3n) is 4.19. The molecule has 0 atom stereocenters. The summed E-state index contributed by atoms with van der Waals surface area (Å²) in [5, 5.41) is 3.42. The fourth-order valence-electron chi connectivity index (χ4n) is 2.62. The van der Waals surface area contributed by atoms with Gasteiger partial charge in [-0.2, -0.15) is 0 Å². The summed E-state index contributed by atoms with van der Waals surface area (Å²) in [4.78, 5) is 10.4. The van der Waals surface area contributed by atoms with Crippen molar-refractivity contribution in [1.82, 2.24) is 5.32 Å². The molecule has 1 rings (SSSR count). The lowest BCUT2D eigenvalue weighted by Gasteiger charge is -2.05. The number of unbranched alkanes of at least 4 members (excludes halogenated alkanes) is 3. The fraction of sp³-hybridized carbons (Fsp3) is 0.435. The van der Waals surface area contributed by atoms with Gasteiger partial charge in [-0.15, -0.1) is 0 Å². The molecule has 25 heavy (non-hydrogen) atoms. The molecule has 0 aliphatic rings. The van der Waals surface area contributed by atoms with Crippen molar-refractivity contribution in [3.8, 4) is 0 Å². The fourth-order valence-corrected chi connectivity index (χ4v) is 2.62. The second-order valence-electron chi connectivity index (χ2n) is 6.34. The minimum absolute atomic E-state index is 0.554. The second-order valence-corrected chi connectivity index (χ2v) is 6.34. The van der Waals surface area contributed by atoms with Gasteiger partial charge in [0.05, 0.1) is 0 Å². The molecule has 0 unspecified atom stereocenters. The van der Waals surface area contributed by atoms with E-state index in [-0.39, 0.29) is 0 Å². The molecule has 1 aromatic carbocycles. The first kappa shape index (κ1) is 21.1. The van der Waals surface area contributed by atoms with Crippen LogP contribution in [0, 0.1) is 0 Å². The van der Waals surface area contributed by atoms with Crippen LogP contribution >= 0.6 is 0 Å². The highest BCUT2D eigenvalue weighted by Gasteiger charge is 1.95. The first-order valence-electron chi connectivity index (χ1n) is 9.50. The van der Waals surface area contributed by atoms with Crippen molar-refractivity contribution >= 4 is 6.29 Å². The molecule has 2 heteroatoms. The summed E-state index contributed by atoms with van der Waals surface area (Å²) in [6.45, 7) is 7.72. The van der Waals surface area contributed by atoms with Gasteiger partial charge in [-0.05, 0) is 36.0 Å². The number of rotatable bonds is 14. The molecule has 0 saturated heterocycles. The Bertz CT molecular complexity index is 540. The molecule has 0 fully saturated rings. The maximum absolute atomic E-state index is 10.4. The largest absolute Gasteiger partial charge is 0.309 e. The van der Waals surface area contributed by atoms with E-state index in [1.54, 1.807) is 0 Å². The van der Waals surface area contributed by atoms with E-state index < -0.39 is 0 Å². The Morgan fingerprint density at radius 2 is 1.88 bits per heavy atom. The molecule has 2 nitrogen and oxygen atoms in total. The molecule has 0 heterocycles. The lowest BCUT2D eigenvalue weighted by atomic mass is 10.0. The van der Waals surface area contributed by atoms with Gasteiger partial charge in [-0.3, -0.25) is 0 Å². The third-order valence-corrected chi connectivity index (χ3v) is 4.19.